The smallest absolute Gasteiger partial charge is 0.449 e. The second-order valence-electron chi connectivity index (χ2n) is 8.29. The van der Waals surface area contributed by atoms with Crippen LogP contribution < -0.4 is 15.4 Å². The van der Waals surface area contributed by atoms with Gasteiger partial charge in [-0.1, -0.05) is 11.6 Å². The molecule has 0 saturated heterocycles. The highest BCUT2D eigenvalue weighted by molar-refractivity contribution is 6.31. The van der Waals surface area contributed by atoms with Crippen LogP contribution >= 0.6 is 11.6 Å². The van der Waals surface area contributed by atoms with E-state index in [2.05, 4.69) is 10.6 Å². The van der Waals surface area contributed by atoms with Gasteiger partial charge < -0.3 is 19.8 Å². The Kier molecular flexibility index (Phi) is 5.20. The molecule has 6 nitrogen and oxygen atoms in total. The van der Waals surface area contributed by atoms with Gasteiger partial charge >= 0.3 is 6.18 Å². The highest BCUT2D eigenvalue weighted by atomic mass is 35.5. The van der Waals surface area contributed by atoms with Crippen LogP contribution in [-0.4, -0.2) is 24.0 Å². The summed E-state index contributed by atoms with van der Waals surface area (Å²) < 4.78 is 47.9. The number of halogens is 4. The lowest BCUT2D eigenvalue weighted by Gasteiger charge is -2.69. The number of rotatable bonds is 7. The van der Waals surface area contributed by atoms with E-state index in [4.69, 9.17) is 20.8 Å². The van der Waals surface area contributed by atoms with Gasteiger partial charge in [0.25, 0.3) is 5.91 Å². The molecule has 10 heteroatoms. The van der Waals surface area contributed by atoms with Gasteiger partial charge in [0.05, 0.1) is 12.0 Å². The first-order chi connectivity index (χ1) is 14.5. The number of hydrogen-bond acceptors (Lipinski definition) is 4. The number of ether oxygens (including phenoxy) is 1. The van der Waals surface area contributed by atoms with E-state index in [-0.39, 0.29) is 30.7 Å². The zero-order chi connectivity index (χ0) is 22.4. The minimum absolute atomic E-state index is 0.0323. The summed E-state index contributed by atoms with van der Waals surface area (Å²) in [5.74, 6) is -1.06. The highest BCUT2D eigenvalue weighted by Gasteiger charge is 2.72. The molecular formula is C21H20ClF3N2O4. The summed E-state index contributed by atoms with van der Waals surface area (Å²) in [7, 11) is 0. The molecule has 0 radical (unpaired) electrons. The number of benzene rings is 1. The van der Waals surface area contributed by atoms with Gasteiger partial charge in [0.2, 0.25) is 11.7 Å². The quantitative estimate of drug-likeness (QED) is 0.660. The van der Waals surface area contributed by atoms with Gasteiger partial charge in [-0.25, -0.2) is 0 Å². The lowest BCUT2D eigenvalue weighted by Crippen LogP contribution is -2.78. The van der Waals surface area contributed by atoms with E-state index in [1.165, 1.54) is 6.07 Å². The van der Waals surface area contributed by atoms with Crippen molar-refractivity contribution in [2.75, 3.05) is 6.61 Å². The van der Waals surface area contributed by atoms with Crippen LogP contribution in [0.15, 0.2) is 34.7 Å². The zero-order valence-electron chi connectivity index (χ0n) is 16.6. The van der Waals surface area contributed by atoms with Crippen molar-refractivity contribution in [2.24, 2.45) is 5.41 Å². The molecule has 2 amide bonds. The first-order valence-electron chi connectivity index (χ1n) is 9.65. The molecule has 0 atom stereocenters. The van der Waals surface area contributed by atoms with Crippen LogP contribution in [0.4, 0.5) is 13.2 Å². The van der Waals surface area contributed by atoms with E-state index in [0.717, 1.165) is 11.6 Å². The summed E-state index contributed by atoms with van der Waals surface area (Å²) >= 11 is 5.96. The molecule has 2 N–H and O–H groups in total. The van der Waals surface area contributed by atoms with Gasteiger partial charge in [-0.05, 0) is 62.1 Å². The second kappa shape index (κ2) is 7.47. The maximum absolute atomic E-state index is 12.6. The Balaban J connectivity index is 1.21. The number of carbonyl (C=O) groups excluding carboxylic acids is 2. The van der Waals surface area contributed by atoms with Crippen LogP contribution in [0.1, 0.15) is 36.3 Å². The fourth-order valence-electron chi connectivity index (χ4n) is 4.33. The number of carbonyl (C=O) groups is 2. The summed E-state index contributed by atoms with van der Waals surface area (Å²) in [5, 5.41) is 6.15. The summed E-state index contributed by atoms with van der Waals surface area (Å²) in [6, 6.07) is 7.14. The van der Waals surface area contributed by atoms with Gasteiger partial charge in [-0.3, -0.25) is 9.59 Å². The molecule has 3 fully saturated rings. The molecule has 31 heavy (non-hydrogen) atoms. The molecule has 3 aliphatic rings. The van der Waals surface area contributed by atoms with E-state index in [1.807, 2.05) is 6.92 Å². The molecule has 3 saturated carbocycles. The molecule has 1 heterocycles. The number of furan rings is 1. The molecule has 1 aromatic carbocycles. The van der Waals surface area contributed by atoms with Gasteiger partial charge in [0.1, 0.15) is 11.5 Å². The lowest BCUT2D eigenvalue weighted by molar-refractivity contribution is -0.184. The van der Waals surface area contributed by atoms with Crippen LogP contribution in [0, 0.1) is 12.3 Å². The predicted octanol–water partition coefficient (Wildman–Crippen LogP) is 3.99. The average molecular weight is 457 g/mol. The first kappa shape index (κ1) is 21.5. The second-order valence-corrected chi connectivity index (χ2v) is 8.69. The van der Waals surface area contributed by atoms with Crippen molar-refractivity contribution in [3.8, 4) is 5.75 Å². The lowest BCUT2D eigenvalue weighted by atomic mass is 9.39. The van der Waals surface area contributed by atoms with Crippen molar-refractivity contribution in [1.29, 1.82) is 0 Å². The molecule has 0 spiro atoms. The largest absolute Gasteiger partial charge is 0.484 e. The van der Waals surface area contributed by atoms with Crippen molar-refractivity contribution in [1.82, 2.24) is 10.6 Å². The molecule has 0 unspecified atom stereocenters. The number of hydrogen-bond donors (Lipinski definition) is 2. The van der Waals surface area contributed by atoms with Gasteiger partial charge in [0.15, 0.2) is 6.61 Å². The third-order valence-corrected chi connectivity index (χ3v) is 6.20. The number of amides is 2. The Morgan fingerprint density at radius 3 is 2.52 bits per heavy atom. The van der Waals surface area contributed by atoms with Crippen molar-refractivity contribution < 1.29 is 31.9 Å². The van der Waals surface area contributed by atoms with Crippen LogP contribution in [0.5, 0.6) is 5.75 Å². The van der Waals surface area contributed by atoms with Crippen LogP contribution in [0.3, 0.4) is 0 Å². The molecule has 2 aromatic rings. The van der Waals surface area contributed by atoms with Crippen LogP contribution in [0.2, 0.25) is 5.02 Å². The minimum Gasteiger partial charge on any atom is -0.484 e. The molecule has 0 aliphatic heterocycles. The highest BCUT2D eigenvalue weighted by Crippen LogP contribution is 2.67. The predicted molar refractivity (Wildman–Crippen MR) is 104 cm³/mol. The van der Waals surface area contributed by atoms with Crippen molar-refractivity contribution in [2.45, 2.75) is 44.4 Å². The van der Waals surface area contributed by atoms with Gasteiger partial charge in [0, 0.05) is 10.6 Å². The first-order valence-corrected chi connectivity index (χ1v) is 10.0. The van der Waals surface area contributed by atoms with E-state index in [1.54, 1.807) is 18.2 Å². The van der Waals surface area contributed by atoms with E-state index in [0.29, 0.717) is 30.0 Å². The third-order valence-electron chi connectivity index (χ3n) is 5.78. The van der Waals surface area contributed by atoms with Crippen LogP contribution in [0.25, 0.3) is 0 Å². The normalized spacial score (nSPS) is 24.0. The fraction of sp³-hybridized carbons (Fsp3) is 0.429. The van der Waals surface area contributed by atoms with Crippen molar-refractivity contribution in [3.05, 3.63) is 52.4 Å². The minimum atomic E-state index is -4.56. The molecule has 1 aromatic heterocycles. The molecule has 166 valence electrons. The maximum Gasteiger partial charge on any atom is 0.449 e. The molecule has 5 rings (SSSR count). The van der Waals surface area contributed by atoms with Crippen molar-refractivity contribution >= 4 is 23.4 Å². The van der Waals surface area contributed by atoms with Gasteiger partial charge in [-0.15, -0.1) is 0 Å². The fourth-order valence-corrected chi connectivity index (χ4v) is 4.45. The standard InChI is InChI=1S/C21H20ClF3N2O4/c1-12-6-13(2-4-15(12)22)30-8-17(28)27-20-9-19(10-20,11-20)18(29)26-7-14-3-5-16(31-14)21(23,24)25/h2-6H,7-11H2,1H3,(H,26,29)(H,27,28). The Morgan fingerprint density at radius 2 is 1.90 bits per heavy atom. The van der Waals surface area contributed by atoms with Crippen molar-refractivity contribution in [3.63, 3.8) is 0 Å². The van der Waals surface area contributed by atoms with Gasteiger partial charge in [-0.2, -0.15) is 13.2 Å². The Morgan fingerprint density at radius 1 is 1.19 bits per heavy atom. The maximum atomic E-state index is 12.6. The Hall–Kier alpha value is -2.68. The number of nitrogens with one attached hydrogen (secondary N) is 2. The third kappa shape index (κ3) is 4.23. The average Bonchev–Trinajstić information content (AvgIpc) is 3.12. The van der Waals surface area contributed by atoms with E-state index >= 15 is 0 Å². The molecule has 3 aliphatic carbocycles. The van der Waals surface area contributed by atoms with E-state index in [9.17, 15) is 22.8 Å². The molecular weight excluding hydrogens is 437 g/mol. The topological polar surface area (TPSA) is 80.6 Å². The monoisotopic (exact) mass is 456 g/mol. The zero-order valence-corrected chi connectivity index (χ0v) is 17.3. The van der Waals surface area contributed by atoms with E-state index < -0.39 is 22.9 Å². The SMILES string of the molecule is Cc1cc(OCC(=O)NC23CC(C(=O)NCc4ccc(C(F)(F)F)o4)(C2)C3)ccc1Cl. The Bertz CT molecular complexity index is 1010. The summed E-state index contributed by atoms with van der Waals surface area (Å²) in [6.45, 7) is 1.56. The van der Waals surface area contributed by atoms with Crippen LogP contribution in [-0.2, 0) is 22.3 Å². The summed E-state index contributed by atoms with van der Waals surface area (Å²) in [5.41, 5.74) is -0.154. The number of aryl methyl sites for hydroxylation is 1. The number of alkyl halides is 3. The molecule has 2 bridgehead atoms. The summed E-state index contributed by atoms with van der Waals surface area (Å²) in [6.07, 6.45) is -3.09. The summed E-state index contributed by atoms with van der Waals surface area (Å²) in [4.78, 5) is 24.6. The Labute approximate surface area is 181 Å².